The van der Waals surface area contributed by atoms with Gasteiger partial charge in [-0.2, -0.15) is 0 Å². The summed E-state index contributed by atoms with van der Waals surface area (Å²) in [7, 11) is 0. The summed E-state index contributed by atoms with van der Waals surface area (Å²) in [5.74, 6) is -0.691. The van der Waals surface area contributed by atoms with Gasteiger partial charge < -0.3 is 5.73 Å². The summed E-state index contributed by atoms with van der Waals surface area (Å²) in [6.45, 7) is 5.53. The van der Waals surface area contributed by atoms with Crippen LogP contribution in [0.4, 0.5) is 5.69 Å². The van der Waals surface area contributed by atoms with Gasteiger partial charge in [0.25, 0.3) is 11.8 Å². The van der Waals surface area contributed by atoms with Crippen molar-refractivity contribution in [2.45, 2.75) is 26.3 Å². The van der Waals surface area contributed by atoms with Crippen molar-refractivity contribution in [3.05, 3.63) is 65.7 Å². The molecule has 0 unspecified atom stereocenters. The number of hydrazine groups is 1. The predicted molar refractivity (Wildman–Crippen MR) is 90.7 cm³/mol. The second-order valence-corrected chi connectivity index (χ2v) is 6.21. The van der Waals surface area contributed by atoms with E-state index in [0.29, 0.717) is 16.8 Å². The smallest absolute Gasteiger partial charge is 0.274 e. The zero-order valence-electron chi connectivity index (χ0n) is 13.5. The molecule has 3 N–H and O–H groups in total. The van der Waals surface area contributed by atoms with Crippen LogP contribution < -0.4 is 11.2 Å². The molecule has 23 heavy (non-hydrogen) atoms. The Bertz CT molecular complexity index is 706. The zero-order valence-corrected chi connectivity index (χ0v) is 13.5. The molecule has 0 saturated carbocycles. The summed E-state index contributed by atoms with van der Waals surface area (Å²) in [6.07, 6.45) is 0. The largest absolute Gasteiger partial charge is 0.398 e. The number of carbonyl (C=O) groups excluding carboxylic acids is 2. The highest BCUT2D eigenvalue weighted by Gasteiger charge is 2.30. The van der Waals surface area contributed by atoms with Gasteiger partial charge in [0.1, 0.15) is 0 Å². The van der Waals surface area contributed by atoms with Crippen LogP contribution in [0, 0.1) is 0 Å². The maximum atomic E-state index is 12.8. The van der Waals surface area contributed by atoms with E-state index in [1.165, 1.54) is 5.01 Å². The molecule has 0 aliphatic heterocycles. The Kier molecular flexibility index (Phi) is 4.69. The number of hydrogen-bond acceptors (Lipinski definition) is 3. The van der Waals surface area contributed by atoms with Crippen molar-refractivity contribution in [3.63, 3.8) is 0 Å². The van der Waals surface area contributed by atoms with E-state index < -0.39 is 5.54 Å². The Morgan fingerprint density at radius 1 is 0.957 bits per heavy atom. The van der Waals surface area contributed by atoms with Gasteiger partial charge >= 0.3 is 0 Å². The molecular formula is C18H21N3O2. The van der Waals surface area contributed by atoms with E-state index in [2.05, 4.69) is 5.43 Å². The van der Waals surface area contributed by atoms with Crippen LogP contribution in [0.2, 0.25) is 0 Å². The zero-order chi connectivity index (χ0) is 17.0. The molecule has 5 nitrogen and oxygen atoms in total. The van der Waals surface area contributed by atoms with Gasteiger partial charge in [0.15, 0.2) is 0 Å². The summed E-state index contributed by atoms with van der Waals surface area (Å²) in [5, 5.41) is 1.31. The molecule has 5 heteroatoms. The summed E-state index contributed by atoms with van der Waals surface area (Å²) in [6, 6.07) is 15.6. The van der Waals surface area contributed by atoms with Gasteiger partial charge in [-0.1, -0.05) is 30.3 Å². The van der Waals surface area contributed by atoms with Gasteiger partial charge in [-0.25, -0.2) is 5.01 Å². The van der Waals surface area contributed by atoms with Crippen LogP contribution in [0.1, 0.15) is 41.5 Å². The topological polar surface area (TPSA) is 75.4 Å². The third-order valence-electron chi connectivity index (χ3n) is 3.31. The van der Waals surface area contributed by atoms with Crippen LogP contribution in [0.15, 0.2) is 54.6 Å². The third kappa shape index (κ3) is 3.88. The lowest BCUT2D eigenvalue weighted by molar-refractivity contribution is 0.0359. The molecule has 0 spiro atoms. The van der Waals surface area contributed by atoms with Crippen molar-refractivity contribution in [1.29, 1.82) is 0 Å². The number of hydrogen-bond donors (Lipinski definition) is 2. The van der Waals surface area contributed by atoms with Crippen LogP contribution in [0.25, 0.3) is 0 Å². The quantitative estimate of drug-likeness (QED) is 0.661. The first-order chi connectivity index (χ1) is 10.8. The first-order valence-electron chi connectivity index (χ1n) is 7.36. The lowest BCUT2D eigenvalue weighted by Gasteiger charge is -2.35. The normalized spacial score (nSPS) is 10.9. The van der Waals surface area contributed by atoms with Crippen molar-refractivity contribution < 1.29 is 9.59 Å². The van der Waals surface area contributed by atoms with Crippen LogP contribution in [-0.4, -0.2) is 22.4 Å². The van der Waals surface area contributed by atoms with Crippen LogP contribution >= 0.6 is 0 Å². The molecule has 2 aromatic carbocycles. The molecule has 2 amide bonds. The minimum Gasteiger partial charge on any atom is -0.398 e. The summed E-state index contributed by atoms with van der Waals surface area (Å²) in [5.41, 5.74) is 9.18. The number of amides is 2. The van der Waals surface area contributed by atoms with E-state index in [4.69, 9.17) is 5.73 Å². The average Bonchev–Trinajstić information content (AvgIpc) is 2.52. The molecule has 0 atom stereocenters. The maximum absolute atomic E-state index is 12.8. The van der Waals surface area contributed by atoms with Gasteiger partial charge in [-0.15, -0.1) is 0 Å². The van der Waals surface area contributed by atoms with Gasteiger partial charge in [0.05, 0.1) is 11.1 Å². The number of nitrogens with one attached hydrogen (secondary N) is 1. The van der Waals surface area contributed by atoms with E-state index in [-0.39, 0.29) is 11.8 Å². The fraction of sp³-hybridized carbons (Fsp3) is 0.222. The predicted octanol–water partition coefficient (Wildman–Crippen LogP) is 2.85. The van der Waals surface area contributed by atoms with Gasteiger partial charge in [0.2, 0.25) is 0 Å². The van der Waals surface area contributed by atoms with E-state index in [1.54, 1.807) is 48.5 Å². The molecule has 0 saturated heterocycles. The van der Waals surface area contributed by atoms with Crippen LogP contribution in [0.3, 0.4) is 0 Å². The van der Waals surface area contributed by atoms with Crippen molar-refractivity contribution in [2.24, 2.45) is 0 Å². The molecule has 0 bridgehead atoms. The highest BCUT2D eigenvalue weighted by atomic mass is 16.2. The fourth-order valence-corrected chi connectivity index (χ4v) is 2.09. The van der Waals surface area contributed by atoms with Crippen molar-refractivity contribution in [1.82, 2.24) is 10.4 Å². The number of para-hydroxylation sites is 1. The minimum atomic E-state index is -0.607. The summed E-state index contributed by atoms with van der Waals surface area (Å²) >= 11 is 0. The Balaban J connectivity index is 2.30. The van der Waals surface area contributed by atoms with E-state index in [1.807, 2.05) is 26.8 Å². The number of nitrogen functional groups attached to an aromatic ring is 1. The molecule has 0 fully saturated rings. The van der Waals surface area contributed by atoms with E-state index >= 15 is 0 Å². The molecule has 2 rings (SSSR count). The van der Waals surface area contributed by atoms with Crippen LogP contribution in [-0.2, 0) is 0 Å². The highest BCUT2D eigenvalue weighted by molar-refractivity contribution is 6.02. The van der Waals surface area contributed by atoms with Crippen molar-refractivity contribution in [3.8, 4) is 0 Å². The number of rotatable bonds is 2. The molecule has 0 heterocycles. The second kappa shape index (κ2) is 6.52. The van der Waals surface area contributed by atoms with Crippen molar-refractivity contribution in [2.75, 3.05) is 5.73 Å². The minimum absolute atomic E-state index is 0.344. The molecule has 2 aromatic rings. The first kappa shape index (κ1) is 16.5. The second-order valence-electron chi connectivity index (χ2n) is 6.21. The monoisotopic (exact) mass is 311 g/mol. The van der Waals surface area contributed by atoms with Gasteiger partial charge in [-0.3, -0.25) is 15.0 Å². The molecule has 120 valence electrons. The SMILES string of the molecule is CC(C)(C)N(NC(=O)c1ccccc1)C(=O)c1ccccc1N. The van der Waals surface area contributed by atoms with Gasteiger partial charge in [0, 0.05) is 11.3 Å². The number of benzene rings is 2. The molecule has 0 aliphatic rings. The van der Waals surface area contributed by atoms with E-state index in [9.17, 15) is 9.59 Å². The maximum Gasteiger partial charge on any atom is 0.274 e. The summed E-state index contributed by atoms with van der Waals surface area (Å²) < 4.78 is 0. The highest BCUT2D eigenvalue weighted by Crippen LogP contribution is 2.19. The van der Waals surface area contributed by atoms with Crippen LogP contribution in [0.5, 0.6) is 0 Å². The Hall–Kier alpha value is -2.82. The Morgan fingerprint density at radius 2 is 1.52 bits per heavy atom. The molecule has 0 aromatic heterocycles. The fourth-order valence-electron chi connectivity index (χ4n) is 2.09. The molecule has 0 aliphatic carbocycles. The van der Waals surface area contributed by atoms with Gasteiger partial charge in [-0.05, 0) is 45.0 Å². The molecular weight excluding hydrogens is 290 g/mol. The number of carbonyl (C=O) groups is 2. The van der Waals surface area contributed by atoms with Crippen molar-refractivity contribution >= 4 is 17.5 Å². The third-order valence-corrected chi connectivity index (χ3v) is 3.31. The average molecular weight is 311 g/mol. The first-order valence-corrected chi connectivity index (χ1v) is 7.36. The van der Waals surface area contributed by atoms with E-state index in [0.717, 1.165) is 0 Å². The Labute approximate surface area is 136 Å². The Morgan fingerprint density at radius 3 is 2.09 bits per heavy atom. The standard InChI is InChI=1S/C18H21N3O2/c1-18(2,3)21(17(23)14-11-7-8-12-15(14)19)20-16(22)13-9-5-4-6-10-13/h4-12H,19H2,1-3H3,(H,20,22). The number of nitrogens with zero attached hydrogens (tertiary/aromatic N) is 1. The summed E-state index contributed by atoms with van der Waals surface area (Å²) in [4.78, 5) is 25.2. The number of anilines is 1. The number of nitrogens with two attached hydrogens (primary N) is 1. The lowest BCUT2D eigenvalue weighted by atomic mass is 10.1. The molecule has 0 radical (unpaired) electrons. The lowest BCUT2D eigenvalue weighted by Crippen LogP contribution is -2.56.